The van der Waals surface area contributed by atoms with Gasteiger partial charge in [-0.15, -0.1) is 0 Å². The maximum Gasteiger partial charge on any atom is 0.341 e. The molecule has 1 saturated heterocycles. The molecule has 0 aliphatic carbocycles. The van der Waals surface area contributed by atoms with Crippen molar-refractivity contribution in [1.82, 2.24) is 9.88 Å². The number of nitrogens with one attached hydrogen (secondary N) is 1. The Bertz CT molecular complexity index is 1230. The third-order valence-electron chi connectivity index (χ3n) is 4.99. The monoisotopic (exact) mass is 383 g/mol. The Morgan fingerprint density at radius 3 is 2.82 bits per heavy atom. The van der Waals surface area contributed by atoms with Crippen LogP contribution in [-0.4, -0.2) is 40.5 Å². The average Bonchev–Trinajstić information content (AvgIpc) is 3.17. The fourth-order valence-electron chi connectivity index (χ4n) is 3.74. The number of nitrogens with zero attached hydrogens (tertiary/aromatic N) is 2. The molecule has 2 aliphatic heterocycles. The summed E-state index contributed by atoms with van der Waals surface area (Å²) in [6.45, 7) is 1.62. The molecule has 0 amide bonds. The summed E-state index contributed by atoms with van der Waals surface area (Å²) in [5, 5.41) is 22.3. The van der Waals surface area contributed by atoms with Gasteiger partial charge in [0.2, 0.25) is 5.43 Å². The second-order valence-electron chi connectivity index (χ2n) is 6.65. The van der Waals surface area contributed by atoms with Crippen molar-refractivity contribution < 1.29 is 24.1 Å². The minimum absolute atomic E-state index is 0.0567. The number of aromatic hydroxyl groups is 1. The van der Waals surface area contributed by atoms with Crippen molar-refractivity contribution in [3.8, 4) is 22.9 Å². The van der Waals surface area contributed by atoms with Crippen LogP contribution in [0.3, 0.4) is 0 Å². The molecule has 8 nitrogen and oxygen atoms in total. The lowest BCUT2D eigenvalue weighted by atomic mass is 10.1. The van der Waals surface area contributed by atoms with E-state index in [-0.39, 0.29) is 33.8 Å². The highest BCUT2D eigenvalue weighted by Crippen LogP contribution is 2.47. The van der Waals surface area contributed by atoms with E-state index in [0.29, 0.717) is 25.4 Å². The molecular weight excluding hydrogens is 369 g/mol. The molecule has 0 unspecified atom stereocenters. The Hall–Kier alpha value is -3.59. The molecule has 2 aromatic carbocycles. The fraction of sp³-hybridized carbons (Fsp3) is 0.158. The molecule has 2 aliphatic rings. The summed E-state index contributed by atoms with van der Waals surface area (Å²) in [7, 11) is 0. The third-order valence-corrected chi connectivity index (χ3v) is 4.99. The topological polar surface area (TPSA) is 104 Å². The first-order chi connectivity index (χ1) is 13.5. The lowest BCUT2D eigenvalue weighted by molar-refractivity contribution is 0.0695. The van der Waals surface area contributed by atoms with Gasteiger partial charge in [-0.3, -0.25) is 10.1 Å². The van der Waals surface area contributed by atoms with E-state index in [2.05, 4.69) is 5.32 Å². The molecule has 28 heavy (non-hydrogen) atoms. The largest absolute Gasteiger partial charge is 0.508 e. The lowest BCUT2D eigenvalue weighted by Crippen LogP contribution is -2.25. The van der Waals surface area contributed by atoms with E-state index in [0.717, 1.165) is 6.07 Å². The van der Waals surface area contributed by atoms with Crippen molar-refractivity contribution in [3.05, 3.63) is 52.1 Å². The molecule has 9 heteroatoms. The van der Waals surface area contributed by atoms with Gasteiger partial charge in [-0.1, -0.05) is 0 Å². The minimum Gasteiger partial charge on any atom is -0.508 e. The minimum atomic E-state index is -1.41. The third kappa shape index (κ3) is 2.20. The number of hydrogen-bond acceptors (Lipinski definition) is 6. The molecule has 0 atom stereocenters. The van der Waals surface area contributed by atoms with Crippen molar-refractivity contribution in [2.45, 2.75) is 0 Å². The van der Waals surface area contributed by atoms with E-state index in [1.54, 1.807) is 11.0 Å². The number of phenols is 1. The number of ether oxygens (including phenoxy) is 1. The first-order valence-corrected chi connectivity index (χ1v) is 8.58. The van der Waals surface area contributed by atoms with Gasteiger partial charge in [0.05, 0.1) is 17.7 Å². The van der Waals surface area contributed by atoms with Crippen LogP contribution in [0, 0.1) is 5.82 Å². The van der Waals surface area contributed by atoms with Gasteiger partial charge in [0, 0.05) is 25.4 Å². The standard InChI is InChI=1S/C19H14FN3O5/c20-12-6-10-15-18(16(12)22-4-3-21-8-22)28-14-5-9(24)1-2-13(14)23(15)7-11(17(10)25)19(26)27/h1-2,5-7,21,24H,3-4,8H2,(H,26,27). The second kappa shape index (κ2) is 5.70. The smallest absolute Gasteiger partial charge is 0.341 e. The van der Waals surface area contributed by atoms with Gasteiger partial charge < -0.3 is 24.4 Å². The van der Waals surface area contributed by atoms with Gasteiger partial charge in [-0.05, 0) is 18.2 Å². The zero-order chi connectivity index (χ0) is 19.6. The summed E-state index contributed by atoms with van der Waals surface area (Å²) in [5.41, 5.74) is -0.348. The number of rotatable bonds is 2. The van der Waals surface area contributed by atoms with Crippen LogP contribution in [0.25, 0.3) is 16.6 Å². The van der Waals surface area contributed by atoms with E-state index in [1.165, 1.54) is 22.9 Å². The summed E-state index contributed by atoms with van der Waals surface area (Å²) in [4.78, 5) is 26.0. The molecule has 3 N–H and O–H groups in total. The van der Waals surface area contributed by atoms with Crippen molar-refractivity contribution in [2.75, 3.05) is 24.7 Å². The first kappa shape index (κ1) is 16.6. The summed E-state index contributed by atoms with van der Waals surface area (Å²) in [5.74, 6) is -1.80. The maximum absolute atomic E-state index is 15.0. The van der Waals surface area contributed by atoms with Crippen LogP contribution in [0.1, 0.15) is 10.4 Å². The van der Waals surface area contributed by atoms with E-state index < -0.39 is 22.8 Å². The molecule has 0 spiro atoms. The molecule has 3 aromatic rings. The number of phenolic OH excluding ortho intramolecular Hbond substituents is 1. The average molecular weight is 383 g/mol. The van der Waals surface area contributed by atoms with Gasteiger partial charge in [0.25, 0.3) is 0 Å². The number of carboxylic acid groups (broad SMARTS) is 1. The fourth-order valence-corrected chi connectivity index (χ4v) is 3.74. The lowest BCUT2D eigenvalue weighted by Gasteiger charge is -2.28. The SMILES string of the molecule is O=C(O)c1cn2c3c(c(N4CCNC4)c(F)cc3c1=O)Oc1cc(O)ccc1-2. The molecule has 3 heterocycles. The predicted octanol–water partition coefficient (Wildman–Crippen LogP) is 2.01. The number of fused-ring (bicyclic) bond motifs is 2. The Balaban J connectivity index is 1.94. The summed E-state index contributed by atoms with van der Waals surface area (Å²) < 4.78 is 22.5. The summed E-state index contributed by atoms with van der Waals surface area (Å²) in [6.07, 6.45) is 1.21. The predicted molar refractivity (Wildman–Crippen MR) is 98.4 cm³/mol. The molecule has 142 valence electrons. The summed E-state index contributed by atoms with van der Waals surface area (Å²) in [6, 6.07) is 5.39. The number of carboxylic acids is 1. The molecule has 0 saturated carbocycles. The highest BCUT2D eigenvalue weighted by Gasteiger charge is 2.31. The quantitative estimate of drug-likeness (QED) is 0.486. The molecular formula is C19H14FN3O5. The van der Waals surface area contributed by atoms with Crippen LogP contribution >= 0.6 is 0 Å². The zero-order valence-electron chi connectivity index (χ0n) is 14.4. The molecule has 5 rings (SSSR count). The molecule has 1 fully saturated rings. The van der Waals surface area contributed by atoms with E-state index in [1.807, 2.05) is 0 Å². The number of hydrogen-bond donors (Lipinski definition) is 3. The first-order valence-electron chi connectivity index (χ1n) is 8.58. The Morgan fingerprint density at radius 2 is 2.11 bits per heavy atom. The number of anilines is 1. The molecule has 1 aromatic heterocycles. The number of benzene rings is 2. The van der Waals surface area contributed by atoms with E-state index >= 15 is 4.39 Å². The Morgan fingerprint density at radius 1 is 1.29 bits per heavy atom. The zero-order valence-corrected chi connectivity index (χ0v) is 14.4. The van der Waals surface area contributed by atoms with Gasteiger partial charge in [-0.2, -0.15) is 0 Å². The van der Waals surface area contributed by atoms with E-state index in [4.69, 9.17) is 4.74 Å². The van der Waals surface area contributed by atoms with Crippen LogP contribution in [0.5, 0.6) is 17.2 Å². The number of aromatic carboxylic acids is 1. The van der Waals surface area contributed by atoms with Crippen LogP contribution < -0.4 is 20.4 Å². The highest BCUT2D eigenvalue weighted by molar-refractivity contribution is 5.99. The number of aromatic nitrogens is 1. The van der Waals surface area contributed by atoms with Gasteiger partial charge in [0.1, 0.15) is 22.5 Å². The molecule has 0 radical (unpaired) electrons. The van der Waals surface area contributed by atoms with Gasteiger partial charge in [-0.25, -0.2) is 9.18 Å². The van der Waals surface area contributed by atoms with Crippen LogP contribution in [0.2, 0.25) is 0 Å². The van der Waals surface area contributed by atoms with Crippen molar-refractivity contribution in [1.29, 1.82) is 0 Å². The van der Waals surface area contributed by atoms with Gasteiger partial charge >= 0.3 is 5.97 Å². The van der Waals surface area contributed by atoms with Crippen molar-refractivity contribution >= 4 is 22.6 Å². The Kier molecular flexibility index (Phi) is 3.37. The van der Waals surface area contributed by atoms with Crippen LogP contribution in [-0.2, 0) is 0 Å². The van der Waals surface area contributed by atoms with Crippen LogP contribution in [0.15, 0.2) is 35.3 Å². The van der Waals surface area contributed by atoms with Crippen molar-refractivity contribution in [3.63, 3.8) is 0 Å². The van der Waals surface area contributed by atoms with Crippen LogP contribution in [0.4, 0.5) is 10.1 Å². The second-order valence-corrected chi connectivity index (χ2v) is 6.65. The number of halogens is 1. The highest BCUT2D eigenvalue weighted by atomic mass is 19.1. The van der Waals surface area contributed by atoms with Crippen molar-refractivity contribution in [2.24, 2.45) is 0 Å². The normalized spacial score (nSPS) is 14.8. The Labute approximate surface area is 157 Å². The van der Waals surface area contributed by atoms with Gasteiger partial charge in [0.15, 0.2) is 17.3 Å². The summed E-state index contributed by atoms with van der Waals surface area (Å²) >= 11 is 0. The number of pyridine rings is 1. The number of carbonyl (C=O) groups is 1. The molecule has 0 bridgehead atoms. The maximum atomic E-state index is 15.0. The van der Waals surface area contributed by atoms with E-state index in [9.17, 15) is 19.8 Å².